The zero-order valence-corrected chi connectivity index (χ0v) is 45.6. The molecule has 0 aromatic rings. The van der Waals surface area contributed by atoms with Crippen molar-refractivity contribution in [3.63, 3.8) is 0 Å². The Morgan fingerprint density at radius 1 is 0.466 bits per heavy atom. The summed E-state index contributed by atoms with van der Waals surface area (Å²) in [6, 6.07) is 0. The van der Waals surface area contributed by atoms with Gasteiger partial charge in [-0.3, -0.25) is 14.4 Å². The van der Waals surface area contributed by atoms with E-state index in [1.54, 1.807) is 0 Å². The number of aliphatic hydroxyl groups excluding tert-OH is 2. The molecule has 1 saturated heterocycles. The van der Waals surface area contributed by atoms with Crippen molar-refractivity contribution in [2.24, 2.45) is 0 Å². The topological polar surface area (TPSA) is 175 Å². The Morgan fingerprint density at radius 3 is 1.32 bits per heavy atom. The molecule has 0 aromatic heterocycles. The van der Waals surface area contributed by atoms with Crippen molar-refractivity contribution in [1.29, 1.82) is 0 Å². The number of carbonyl (C=O) groups excluding carboxylic acids is 3. The summed E-state index contributed by atoms with van der Waals surface area (Å²) in [6.45, 7) is 5.71. The molecule has 12 heteroatoms. The highest BCUT2D eigenvalue weighted by Crippen LogP contribution is 2.26. The summed E-state index contributed by atoms with van der Waals surface area (Å²) in [5.41, 5.74) is 0. The van der Waals surface area contributed by atoms with Crippen LogP contribution in [-0.2, 0) is 42.9 Å². The van der Waals surface area contributed by atoms with E-state index in [2.05, 4.69) is 106 Å². The first-order valence-electron chi connectivity index (χ1n) is 28.6. The highest BCUT2D eigenvalue weighted by Gasteiger charge is 2.50. The SMILES string of the molecule is CC/C=C\C/C=C\C/C=C\CCCCCCCCCC(=O)OCC(COC1OC(C(=O)O)C(O)C(O)C1OC(=O)CCCCCCC/C=C\C/C=C\CCC)OC(=O)CCCCCCC/C=C\C/C=C\CCC. The van der Waals surface area contributed by atoms with Crippen LogP contribution in [0.15, 0.2) is 85.1 Å². The maximum absolute atomic E-state index is 13.1. The monoisotopic (exact) mass is 1020 g/mol. The van der Waals surface area contributed by atoms with Crippen LogP contribution in [0, 0.1) is 0 Å². The molecular weight excluding hydrogens is 925 g/mol. The standard InChI is InChI=1S/C61H100O12/c1-4-7-10-13-16-19-22-25-26-27-28-31-32-35-38-41-44-47-53(62)69-50-52(71-54(63)48-45-42-39-36-33-29-23-20-17-14-11-8-5-2)51-70-61-59(57(66)56(65)58(73-61)60(67)68)72-55(64)49-46-43-40-37-34-30-24-21-18-15-12-9-6-3/h7,10-12,14-16,19-21,23-26,52,56-59,61,65-66H,4-6,8-9,13,17-18,22,27-51H2,1-3H3,(H,67,68)/b10-7-,14-11-,15-12-,19-16-,23-20-,24-21-,26-25-. The van der Waals surface area contributed by atoms with Gasteiger partial charge < -0.3 is 39.0 Å². The smallest absolute Gasteiger partial charge is 0.335 e. The van der Waals surface area contributed by atoms with Crippen molar-refractivity contribution in [2.75, 3.05) is 13.2 Å². The van der Waals surface area contributed by atoms with Gasteiger partial charge >= 0.3 is 23.9 Å². The number of carboxylic acids is 1. The molecule has 0 amide bonds. The third kappa shape index (κ3) is 39.0. The average molecular weight is 1030 g/mol. The first-order chi connectivity index (χ1) is 35.6. The van der Waals surface area contributed by atoms with E-state index >= 15 is 0 Å². The second kappa shape index (κ2) is 48.8. The molecule has 0 saturated carbocycles. The Morgan fingerprint density at radius 2 is 0.863 bits per heavy atom. The van der Waals surface area contributed by atoms with Crippen molar-refractivity contribution in [3.05, 3.63) is 85.1 Å². The molecule has 0 radical (unpaired) electrons. The van der Waals surface area contributed by atoms with Gasteiger partial charge in [0.15, 0.2) is 24.6 Å². The van der Waals surface area contributed by atoms with Crippen LogP contribution >= 0.6 is 0 Å². The average Bonchev–Trinajstić information content (AvgIpc) is 3.37. The fourth-order valence-corrected chi connectivity index (χ4v) is 8.04. The third-order valence-electron chi connectivity index (χ3n) is 12.4. The van der Waals surface area contributed by atoms with Crippen molar-refractivity contribution in [2.45, 2.75) is 263 Å². The highest BCUT2D eigenvalue weighted by atomic mass is 16.7. The summed E-state index contributed by atoms with van der Waals surface area (Å²) in [7, 11) is 0. The van der Waals surface area contributed by atoms with Crippen molar-refractivity contribution in [3.8, 4) is 0 Å². The van der Waals surface area contributed by atoms with E-state index in [1.807, 2.05) is 0 Å². The number of carbonyl (C=O) groups is 4. The molecule has 0 aromatic carbocycles. The number of aliphatic hydroxyl groups is 2. The number of hydrogen-bond donors (Lipinski definition) is 3. The molecule has 0 bridgehead atoms. The largest absolute Gasteiger partial charge is 0.479 e. The van der Waals surface area contributed by atoms with E-state index in [-0.39, 0.29) is 25.9 Å². The molecular formula is C61H100O12. The minimum atomic E-state index is -1.91. The zero-order chi connectivity index (χ0) is 53.3. The molecule has 3 N–H and O–H groups in total. The van der Waals surface area contributed by atoms with Crippen LogP contribution in [0.3, 0.4) is 0 Å². The molecule has 6 atom stereocenters. The molecule has 12 nitrogen and oxygen atoms in total. The Bertz CT molecular complexity index is 1590. The van der Waals surface area contributed by atoms with E-state index in [1.165, 1.54) is 6.42 Å². The molecule has 1 rings (SSSR count). The molecule has 416 valence electrons. The van der Waals surface area contributed by atoms with E-state index < -0.39 is 67.3 Å². The summed E-state index contributed by atoms with van der Waals surface area (Å²) in [5, 5.41) is 31.4. The maximum Gasteiger partial charge on any atom is 0.335 e. The minimum Gasteiger partial charge on any atom is -0.479 e. The van der Waals surface area contributed by atoms with E-state index in [0.717, 1.165) is 161 Å². The van der Waals surface area contributed by atoms with Crippen molar-refractivity contribution >= 4 is 23.9 Å². The number of ether oxygens (including phenoxy) is 5. The molecule has 1 aliphatic rings. The molecule has 73 heavy (non-hydrogen) atoms. The van der Waals surface area contributed by atoms with Gasteiger partial charge in [0, 0.05) is 19.3 Å². The highest BCUT2D eigenvalue weighted by molar-refractivity contribution is 5.74. The summed E-state index contributed by atoms with van der Waals surface area (Å²) >= 11 is 0. The fraction of sp³-hybridized carbons (Fsp3) is 0.705. The van der Waals surface area contributed by atoms with Crippen LogP contribution in [-0.4, -0.2) is 89.2 Å². The number of hydrogen-bond acceptors (Lipinski definition) is 11. The second-order valence-electron chi connectivity index (χ2n) is 19.2. The van der Waals surface area contributed by atoms with Crippen molar-refractivity contribution in [1.82, 2.24) is 0 Å². The Hall–Kier alpha value is -4.10. The number of rotatable bonds is 47. The van der Waals surface area contributed by atoms with Gasteiger partial charge in [0.05, 0.1) is 6.61 Å². The van der Waals surface area contributed by atoms with Gasteiger partial charge in [-0.1, -0.05) is 189 Å². The summed E-state index contributed by atoms with van der Waals surface area (Å²) < 4.78 is 28.3. The van der Waals surface area contributed by atoms with Crippen LogP contribution in [0.2, 0.25) is 0 Å². The lowest BCUT2D eigenvalue weighted by molar-refractivity contribution is -0.301. The van der Waals surface area contributed by atoms with Crippen LogP contribution in [0.5, 0.6) is 0 Å². The zero-order valence-electron chi connectivity index (χ0n) is 45.6. The van der Waals surface area contributed by atoms with Crippen LogP contribution in [0.25, 0.3) is 0 Å². The summed E-state index contributed by atoms with van der Waals surface area (Å²) in [5.74, 6) is -3.17. The Balaban J connectivity index is 2.72. The van der Waals surface area contributed by atoms with Crippen molar-refractivity contribution < 1.29 is 58.2 Å². The van der Waals surface area contributed by atoms with Gasteiger partial charge in [0.1, 0.15) is 18.8 Å². The first kappa shape index (κ1) is 66.9. The second-order valence-corrected chi connectivity index (χ2v) is 19.2. The molecule has 0 spiro atoms. The van der Waals surface area contributed by atoms with Gasteiger partial charge in [-0.25, -0.2) is 4.79 Å². The normalized spacial score (nSPS) is 18.9. The van der Waals surface area contributed by atoms with Crippen LogP contribution in [0.1, 0.15) is 226 Å². The maximum atomic E-state index is 13.1. The third-order valence-corrected chi connectivity index (χ3v) is 12.4. The molecule has 1 aliphatic heterocycles. The van der Waals surface area contributed by atoms with Crippen LogP contribution in [0.4, 0.5) is 0 Å². The summed E-state index contributed by atoms with van der Waals surface area (Å²) in [6.07, 6.45) is 49.8. The lowest BCUT2D eigenvalue weighted by Crippen LogP contribution is -2.61. The van der Waals surface area contributed by atoms with E-state index in [4.69, 9.17) is 23.7 Å². The van der Waals surface area contributed by atoms with Gasteiger partial charge in [0.25, 0.3) is 0 Å². The number of unbranched alkanes of at least 4 members (excludes halogenated alkanes) is 19. The summed E-state index contributed by atoms with van der Waals surface area (Å²) in [4.78, 5) is 51.0. The predicted molar refractivity (Wildman–Crippen MR) is 294 cm³/mol. The Labute approximate surface area is 441 Å². The van der Waals surface area contributed by atoms with Gasteiger partial charge in [0.2, 0.25) is 0 Å². The number of esters is 3. The van der Waals surface area contributed by atoms with E-state index in [0.29, 0.717) is 19.3 Å². The van der Waals surface area contributed by atoms with Gasteiger partial charge in [-0.2, -0.15) is 0 Å². The molecule has 1 heterocycles. The number of allylic oxidation sites excluding steroid dienone is 14. The molecule has 0 aliphatic carbocycles. The number of aliphatic carboxylic acids is 1. The van der Waals surface area contributed by atoms with Crippen LogP contribution < -0.4 is 0 Å². The lowest BCUT2D eigenvalue weighted by atomic mass is 9.98. The fourth-order valence-electron chi connectivity index (χ4n) is 8.04. The number of carboxylic acid groups (broad SMARTS) is 1. The first-order valence-corrected chi connectivity index (χ1v) is 28.6. The Kier molecular flexibility index (Phi) is 44.7. The molecule has 6 unspecified atom stereocenters. The predicted octanol–water partition coefficient (Wildman–Crippen LogP) is 14.3. The lowest BCUT2D eigenvalue weighted by Gasteiger charge is -2.40. The quantitative estimate of drug-likeness (QED) is 0.0228. The van der Waals surface area contributed by atoms with Gasteiger partial charge in [-0.15, -0.1) is 0 Å². The molecule has 1 fully saturated rings. The van der Waals surface area contributed by atoms with Gasteiger partial charge in [-0.05, 0) is 103 Å². The minimum absolute atomic E-state index is 0.0386. The van der Waals surface area contributed by atoms with E-state index in [9.17, 15) is 34.5 Å².